The molecule has 1 aromatic rings. The van der Waals surface area contributed by atoms with E-state index in [1.54, 1.807) is 6.08 Å². The Labute approximate surface area is 92.5 Å². The first-order chi connectivity index (χ1) is 6.09. The van der Waals surface area contributed by atoms with E-state index in [4.69, 9.17) is 5.11 Å². The second kappa shape index (κ2) is 4.58. The van der Waals surface area contributed by atoms with Crippen LogP contribution in [0.15, 0.2) is 33.2 Å². The Balaban J connectivity index is 2.96. The van der Waals surface area contributed by atoms with E-state index in [-0.39, 0.29) is 0 Å². The predicted molar refractivity (Wildman–Crippen MR) is 58.5 cm³/mol. The Morgan fingerprint density at radius 3 is 2.62 bits per heavy atom. The van der Waals surface area contributed by atoms with E-state index in [1.807, 2.05) is 18.2 Å². The number of hydrogen-bond acceptors (Lipinski definition) is 1. The van der Waals surface area contributed by atoms with E-state index < -0.39 is 5.97 Å². The third-order valence-corrected chi connectivity index (χ3v) is 2.55. The van der Waals surface area contributed by atoms with Crippen molar-refractivity contribution in [1.29, 1.82) is 0 Å². The molecule has 13 heavy (non-hydrogen) atoms. The van der Waals surface area contributed by atoms with Gasteiger partial charge in [0.25, 0.3) is 0 Å². The minimum absolute atomic E-state index is 0.839. The van der Waals surface area contributed by atoms with Crippen molar-refractivity contribution in [3.05, 3.63) is 38.8 Å². The lowest BCUT2D eigenvalue weighted by molar-refractivity contribution is -0.131. The van der Waals surface area contributed by atoms with Crippen molar-refractivity contribution < 1.29 is 9.90 Å². The lowest BCUT2D eigenvalue weighted by atomic mass is 10.2. The van der Waals surface area contributed by atoms with Crippen molar-refractivity contribution in [2.24, 2.45) is 0 Å². The van der Waals surface area contributed by atoms with E-state index in [0.29, 0.717) is 0 Å². The summed E-state index contributed by atoms with van der Waals surface area (Å²) in [6.07, 6.45) is 2.65. The number of halogens is 2. The molecule has 0 fully saturated rings. The van der Waals surface area contributed by atoms with Gasteiger partial charge in [-0.3, -0.25) is 0 Å². The molecular weight excluding hydrogens is 300 g/mol. The number of hydrogen-bond donors (Lipinski definition) is 1. The van der Waals surface area contributed by atoms with Crippen LogP contribution in [0.4, 0.5) is 0 Å². The second-order valence-corrected chi connectivity index (χ2v) is 4.11. The normalized spacial score (nSPS) is 10.6. The molecule has 4 heteroatoms. The molecule has 0 saturated carbocycles. The van der Waals surface area contributed by atoms with E-state index >= 15 is 0 Å². The highest BCUT2D eigenvalue weighted by Gasteiger charge is 1.96. The summed E-state index contributed by atoms with van der Waals surface area (Å²) in [5, 5.41) is 8.41. The third kappa shape index (κ3) is 3.32. The highest BCUT2D eigenvalue weighted by molar-refractivity contribution is 9.11. The van der Waals surface area contributed by atoms with Gasteiger partial charge in [0.05, 0.1) is 0 Å². The summed E-state index contributed by atoms with van der Waals surface area (Å²) in [4.78, 5) is 10.2. The predicted octanol–water partition coefficient (Wildman–Crippen LogP) is 3.31. The molecule has 0 aliphatic carbocycles. The summed E-state index contributed by atoms with van der Waals surface area (Å²) in [5.41, 5.74) is 0.839. The van der Waals surface area contributed by atoms with Gasteiger partial charge in [-0.25, -0.2) is 4.79 Å². The maximum absolute atomic E-state index is 10.2. The molecule has 0 spiro atoms. The first-order valence-corrected chi connectivity index (χ1v) is 5.04. The molecule has 1 aromatic carbocycles. The number of carbonyl (C=O) groups is 1. The van der Waals surface area contributed by atoms with Gasteiger partial charge in [-0.2, -0.15) is 0 Å². The van der Waals surface area contributed by atoms with E-state index in [1.165, 1.54) is 0 Å². The van der Waals surface area contributed by atoms with Crippen LogP contribution in [-0.4, -0.2) is 11.1 Å². The fourth-order valence-corrected chi connectivity index (χ4v) is 1.98. The van der Waals surface area contributed by atoms with Gasteiger partial charge in [-0.1, -0.05) is 37.9 Å². The minimum atomic E-state index is -0.949. The SMILES string of the molecule is O=C(O)/C=C/c1ccc(Br)cc1Br. The molecule has 0 radical (unpaired) electrons. The summed E-state index contributed by atoms with van der Waals surface area (Å²) < 4.78 is 1.81. The minimum Gasteiger partial charge on any atom is -0.478 e. The Morgan fingerprint density at radius 1 is 1.38 bits per heavy atom. The topological polar surface area (TPSA) is 37.3 Å². The standard InChI is InChI=1S/C9H6Br2O2/c10-7-3-1-6(8(11)5-7)2-4-9(12)13/h1-5H,(H,12,13)/b4-2+. The smallest absolute Gasteiger partial charge is 0.328 e. The molecule has 0 atom stereocenters. The van der Waals surface area contributed by atoms with Gasteiger partial charge in [-0.15, -0.1) is 0 Å². The lowest BCUT2D eigenvalue weighted by Gasteiger charge is -1.97. The molecule has 0 bridgehead atoms. The van der Waals surface area contributed by atoms with Gasteiger partial charge in [0.15, 0.2) is 0 Å². The van der Waals surface area contributed by atoms with Crippen molar-refractivity contribution >= 4 is 43.9 Å². The molecule has 0 aliphatic heterocycles. The van der Waals surface area contributed by atoms with Gasteiger partial charge >= 0.3 is 5.97 Å². The average molecular weight is 306 g/mol. The van der Waals surface area contributed by atoms with Crippen LogP contribution >= 0.6 is 31.9 Å². The Hall–Kier alpha value is -0.610. The Bertz CT molecular complexity index is 359. The number of aliphatic carboxylic acids is 1. The molecular formula is C9H6Br2O2. The van der Waals surface area contributed by atoms with Crippen molar-refractivity contribution in [3.8, 4) is 0 Å². The lowest BCUT2D eigenvalue weighted by Crippen LogP contribution is -1.86. The molecule has 1 rings (SSSR count). The van der Waals surface area contributed by atoms with Gasteiger partial charge in [0, 0.05) is 15.0 Å². The summed E-state index contributed by atoms with van der Waals surface area (Å²) in [6, 6.07) is 5.54. The largest absolute Gasteiger partial charge is 0.478 e. The zero-order valence-electron chi connectivity index (χ0n) is 6.50. The Kier molecular flexibility index (Phi) is 3.69. The second-order valence-electron chi connectivity index (χ2n) is 2.34. The number of carboxylic acid groups (broad SMARTS) is 1. The highest BCUT2D eigenvalue weighted by atomic mass is 79.9. The summed E-state index contributed by atoms with van der Waals surface area (Å²) in [7, 11) is 0. The van der Waals surface area contributed by atoms with Gasteiger partial charge in [0.1, 0.15) is 0 Å². The van der Waals surface area contributed by atoms with Gasteiger partial charge < -0.3 is 5.11 Å². The van der Waals surface area contributed by atoms with E-state index in [0.717, 1.165) is 20.6 Å². The van der Waals surface area contributed by atoms with Crippen LogP contribution in [0.25, 0.3) is 6.08 Å². The zero-order chi connectivity index (χ0) is 9.84. The molecule has 0 heterocycles. The van der Waals surface area contributed by atoms with Crippen LogP contribution in [0.1, 0.15) is 5.56 Å². The van der Waals surface area contributed by atoms with E-state index in [2.05, 4.69) is 31.9 Å². The molecule has 2 nitrogen and oxygen atoms in total. The molecule has 0 unspecified atom stereocenters. The third-order valence-electron chi connectivity index (χ3n) is 1.37. The monoisotopic (exact) mass is 304 g/mol. The number of benzene rings is 1. The fraction of sp³-hybridized carbons (Fsp3) is 0. The van der Waals surface area contributed by atoms with Crippen LogP contribution in [0.5, 0.6) is 0 Å². The molecule has 0 amide bonds. The van der Waals surface area contributed by atoms with Gasteiger partial charge in [0.2, 0.25) is 0 Å². The Morgan fingerprint density at radius 2 is 2.08 bits per heavy atom. The first kappa shape index (κ1) is 10.5. The number of rotatable bonds is 2. The number of carboxylic acids is 1. The quantitative estimate of drug-likeness (QED) is 0.851. The van der Waals surface area contributed by atoms with Crippen LogP contribution < -0.4 is 0 Å². The first-order valence-electron chi connectivity index (χ1n) is 3.45. The maximum atomic E-state index is 10.2. The average Bonchev–Trinajstić information content (AvgIpc) is 2.02. The van der Waals surface area contributed by atoms with E-state index in [9.17, 15) is 4.79 Å². The fourth-order valence-electron chi connectivity index (χ4n) is 0.798. The van der Waals surface area contributed by atoms with Crippen LogP contribution in [0, 0.1) is 0 Å². The zero-order valence-corrected chi connectivity index (χ0v) is 9.67. The van der Waals surface area contributed by atoms with Crippen molar-refractivity contribution in [2.75, 3.05) is 0 Å². The van der Waals surface area contributed by atoms with Crippen molar-refractivity contribution in [2.45, 2.75) is 0 Å². The summed E-state index contributed by atoms with van der Waals surface area (Å²) >= 11 is 6.63. The molecule has 68 valence electrons. The molecule has 0 aliphatic rings. The molecule has 0 saturated heterocycles. The van der Waals surface area contributed by atoms with Crippen LogP contribution in [-0.2, 0) is 4.79 Å². The van der Waals surface area contributed by atoms with Crippen LogP contribution in [0.3, 0.4) is 0 Å². The highest BCUT2D eigenvalue weighted by Crippen LogP contribution is 2.22. The van der Waals surface area contributed by atoms with Crippen molar-refractivity contribution in [3.63, 3.8) is 0 Å². The maximum Gasteiger partial charge on any atom is 0.328 e. The van der Waals surface area contributed by atoms with Crippen molar-refractivity contribution in [1.82, 2.24) is 0 Å². The molecule has 0 aromatic heterocycles. The van der Waals surface area contributed by atoms with Crippen LogP contribution in [0.2, 0.25) is 0 Å². The summed E-state index contributed by atoms with van der Waals surface area (Å²) in [5.74, 6) is -0.949. The summed E-state index contributed by atoms with van der Waals surface area (Å²) in [6.45, 7) is 0. The molecule has 1 N–H and O–H groups in total. The van der Waals surface area contributed by atoms with Gasteiger partial charge in [-0.05, 0) is 23.8 Å².